The van der Waals surface area contributed by atoms with Crippen LogP contribution < -0.4 is 5.32 Å². The lowest BCUT2D eigenvalue weighted by Crippen LogP contribution is -2.50. The number of nitrogens with one attached hydrogen (secondary N) is 1. The number of carbonyl (C=O) groups is 2. The van der Waals surface area contributed by atoms with E-state index in [0.29, 0.717) is 36.1 Å². The van der Waals surface area contributed by atoms with Gasteiger partial charge in [-0.05, 0) is 74.7 Å². The van der Waals surface area contributed by atoms with Crippen molar-refractivity contribution in [2.45, 2.75) is 66.7 Å². The van der Waals surface area contributed by atoms with Crippen LogP contribution in [0.15, 0.2) is 35.1 Å². The Balaban J connectivity index is 1.90. The molecule has 3 nitrogen and oxygen atoms in total. The molecule has 0 spiro atoms. The van der Waals surface area contributed by atoms with Gasteiger partial charge in [-0.15, -0.1) is 0 Å². The number of ketones is 2. The Kier molecular flexibility index (Phi) is 5.02. The van der Waals surface area contributed by atoms with Gasteiger partial charge in [0.15, 0.2) is 5.78 Å². The Bertz CT molecular complexity index is 714. The summed E-state index contributed by atoms with van der Waals surface area (Å²) in [7, 11) is 0. The highest BCUT2D eigenvalue weighted by Crippen LogP contribution is 2.62. The maximum atomic E-state index is 12.7. The number of likely N-dealkylation sites (N-methyl/N-ethyl adjacent to an activating group) is 1. The van der Waals surface area contributed by atoms with Gasteiger partial charge in [0, 0.05) is 18.2 Å². The van der Waals surface area contributed by atoms with Crippen molar-refractivity contribution < 1.29 is 9.59 Å². The van der Waals surface area contributed by atoms with E-state index in [0.717, 1.165) is 6.42 Å². The highest BCUT2D eigenvalue weighted by Gasteiger charge is 2.53. The van der Waals surface area contributed by atoms with Crippen molar-refractivity contribution in [3.8, 4) is 0 Å². The van der Waals surface area contributed by atoms with Gasteiger partial charge in [-0.25, -0.2) is 0 Å². The molecule has 26 heavy (non-hydrogen) atoms. The third kappa shape index (κ3) is 3.00. The summed E-state index contributed by atoms with van der Waals surface area (Å²) in [6.07, 6.45) is 10.9. The van der Waals surface area contributed by atoms with E-state index in [1.54, 1.807) is 6.08 Å². The first kappa shape index (κ1) is 19.1. The first-order valence-electron chi connectivity index (χ1n) is 10.1. The highest BCUT2D eigenvalue weighted by molar-refractivity contribution is 6.19. The first-order chi connectivity index (χ1) is 12.2. The zero-order valence-electron chi connectivity index (χ0n) is 16.9. The average Bonchev–Trinajstić information content (AvgIpc) is 2.58. The van der Waals surface area contributed by atoms with Crippen LogP contribution in [0.2, 0.25) is 0 Å². The molecule has 1 N–H and O–H groups in total. The molecule has 142 valence electrons. The van der Waals surface area contributed by atoms with E-state index in [4.69, 9.17) is 0 Å². The minimum atomic E-state index is -0.0593. The predicted octanol–water partition coefficient (Wildman–Crippen LogP) is 4.75. The van der Waals surface area contributed by atoms with E-state index >= 15 is 0 Å². The summed E-state index contributed by atoms with van der Waals surface area (Å²) in [5, 5.41) is 3.00. The molecule has 0 aromatic rings. The minimum Gasteiger partial charge on any atom is -0.382 e. The van der Waals surface area contributed by atoms with Crippen LogP contribution in [0.1, 0.15) is 66.7 Å². The van der Waals surface area contributed by atoms with Gasteiger partial charge < -0.3 is 5.32 Å². The molecule has 3 aliphatic rings. The van der Waals surface area contributed by atoms with Crippen LogP contribution in [-0.4, -0.2) is 18.1 Å². The van der Waals surface area contributed by atoms with Gasteiger partial charge >= 0.3 is 0 Å². The molecule has 0 heterocycles. The molecule has 1 saturated carbocycles. The smallest absolute Gasteiger partial charge is 0.202 e. The largest absolute Gasteiger partial charge is 0.382 e. The Morgan fingerprint density at radius 1 is 1.15 bits per heavy atom. The lowest BCUT2D eigenvalue weighted by molar-refractivity contribution is -0.116. The molecule has 0 radical (unpaired) electrons. The summed E-state index contributed by atoms with van der Waals surface area (Å²) in [5.41, 5.74) is 2.92. The molecule has 4 atom stereocenters. The number of hydrogen-bond acceptors (Lipinski definition) is 3. The normalized spacial score (nSPS) is 37.5. The molecule has 0 aromatic heterocycles. The van der Waals surface area contributed by atoms with E-state index in [1.807, 2.05) is 6.92 Å². The minimum absolute atomic E-state index is 0.00400. The molecule has 3 rings (SSSR count). The van der Waals surface area contributed by atoms with Gasteiger partial charge in [0.1, 0.15) is 0 Å². The van der Waals surface area contributed by atoms with E-state index < -0.39 is 0 Å². The van der Waals surface area contributed by atoms with Crippen LogP contribution in [0.5, 0.6) is 0 Å². The van der Waals surface area contributed by atoms with Crippen molar-refractivity contribution in [3.05, 3.63) is 35.1 Å². The molecule has 0 bridgehead atoms. The van der Waals surface area contributed by atoms with Gasteiger partial charge in [-0.3, -0.25) is 9.59 Å². The molecule has 0 aromatic carbocycles. The predicted molar refractivity (Wildman–Crippen MR) is 106 cm³/mol. The van der Waals surface area contributed by atoms with Gasteiger partial charge in [0.05, 0.1) is 5.70 Å². The number of carbonyl (C=O) groups excluding carboxylic acids is 2. The number of fused-ring (bicyclic) bond motifs is 1. The maximum absolute atomic E-state index is 12.7. The molecule has 0 saturated heterocycles. The van der Waals surface area contributed by atoms with E-state index in [9.17, 15) is 9.59 Å². The summed E-state index contributed by atoms with van der Waals surface area (Å²) < 4.78 is 0. The van der Waals surface area contributed by atoms with Crippen molar-refractivity contribution in [3.63, 3.8) is 0 Å². The van der Waals surface area contributed by atoms with Crippen molar-refractivity contribution in [1.82, 2.24) is 5.32 Å². The van der Waals surface area contributed by atoms with Crippen LogP contribution in [0.4, 0.5) is 0 Å². The Morgan fingerprint density at radius 3 is 2.58 bits per heavy atom. The lowest BCUT2D eigenvalue weighted by Gasteiger charge is -2.58. The number of hydrogen-bond donors (Lipinski definition) is 1. The second-order valence-corrected chi connectivity index (χ2v) is 9.04. The number of rotatable bonds is 4. The zero-order valence-corrected chi connectivity index (χ0v) is 16.9. The van der Waals surface area contributed by atoms with Gasteiger partial charge in [0.2, 0.25) is 5.78 Å². The quantitative estimate of drug-likeness (QED) is 0.585. The highest BCUT2D eigenvalue weighted by atomic mass is 16.1. The third-order valence-electron chi connectivity index (χ3n) is 7.70. The second kappa shape index (κ2) is 6.83. The van der Waals surface area contributed by atoms with Crippen LogP contribution in [0, 0.1) is 22.7 Å². The van der Waals surface area contributed by atoms with Crippen molar-refractivity contribution >= 4 is 11.6 Å². The van der Waals surface area contributed by atoms with Gasteiger partial charge in [-0.2, -0.15) is 0 Å². The van der Waals surface area contributed by atoms with E-state index in [2.05, 4.69) is 39.1 Å². The summed E-state index contributed by atoms with van der Waals surface area (Å²) in [6.45, 7) is 12.0. The van der Waals surface area contributed by atoms with E-state index in [-0.39, 0.29) is 22.4 Å². The van der Waals surface area contributed by atoms with Crippen LogP contribution in [0.3, 0.4) is 0 Å². The Labute approximate surface area is 158 Å². The van der Waals surface area contributed by atoms with Crippen molar-refractivity contribution in [1.29, 1.82) is 0 Å². The lowest BCUT2D eigenvalue weighted by atomic mass is 9.46. The molecule has 0 amide bonds. The standard InChI is InChI=1S/C23H33NO2/c1-6-24-18-13-19(25)17(12-20(18)26)14-23(5)16(3)10-11-22(4)15(2)8-7-9-21(22)23/h8,12-13,16,21,24H,6-7,9-11,14H2,1-5H3/t16?,21?,22?,23-/m1/s1. The van der Waals surface area contributed by atoms with Crippen molar-refractivity contribution in [2.24, 2.45) is 22.7 Å². The Hall–Kier alpha value is -1.64. The van der Waals surface area contributed by atoms with Gasteiger partial charge in [-0.1, -0.05) is 32.4 Å². The first-order valence-corrected chi connectivity index (χ1v) is 10.1. The fourth-order valence-corrected chi connectivity index (χ4v) is 5.69. The van der Waals surface area contributed by atoms with Crippen LogP contribution in [-0.2, 0) is 9.59 Å². The summed E-state index contributed by atoms with van der Waals surface area (Å²) in [6, 6.07) is 0. The molecule has 3 unspecified atom stereocenters. The molecule has 3 aliphatic carbocycles. The fourth-order valence-electron chi connectivity index (χ4n) is 5.69. The Morgan fingerprint density at radius 2 is 1.88 bits per heavy atom. The second-order valence-electron chi connectivity index (χ2n) is 9.04. The van der Waals surface area contributed by atoms with Crippen molar-refractivity contribution in [2.75, 3.05) is 6.54 Å². The van der Waals surface area contributed by atoms with E-state index in [1.165, 1.54) is 30.9 Å². The molecular weight excluding hydrogens is 322 g/mol. The van der Waals surface area contributed by atoms with Crippen LogP contribution in [0.25, 0.3) is 0 Å². The number of allylic oxidation sites excluding steroid dienone is 5. The summed E-state index contributed by atoms with van der Waals surface area (Å²) in [4.78, 5) is 25.1. The molecule has 3 heteroatoms. The fraction of sp³-hybridized carbons (Fsp3) is 0.652. The molecular formula is C23H33NO2. The topological polar surface area (TPSA) is 46.2 Å². The zero-order chi connectivity index (χ0) is 19.1. The molecule has 1 fully saturated rings. The van der Waals surface area contributed by atoms with Crippen LogP contribution >= 0.6 is 0 Å². The summed E-state index contributed by atoms with van der Waals surface area (Å²) >= 11 is 0. The third-order valence-corrected chi connectivity index (χ3v) is 7.70. The average molecular weight is 356 g/mol. The SMILES string of the molecule is CCNC1=CC(=O)C(C[C@]2(C)C(C)CCC3(C)C(C)=CCCC32)=CC1=O. The molecule has 0 aliphatic heterocycles. The monoisotopic (exact) mass is 355 g/mol. The summed E-state index contributed by atoms with van der Waals surface area (Å²) in [5.74, 6) is 1.06. The maximum Gasteiger partial charge on any atom is 0.202 e. The van der Waals surface area contributed by atoms with Gasteiger partial charge in [0.25, 0.3) is 0 Å².